The maximum Gasteiger partial charge on any atom is 0.333 e. The zero-order valence-corrected chi connectivity index (χ0v) is 11.6. The number of nitrogens with zero attached hydrogens (tertiary/aromatic N) is 2. The molecule has 0 bridgehead atoms. The molecule has 112 valence electrons. The first-order valence-corrected chi connectivity index (χ1v) is 6.30. The highest BCUT2D eigenvalue weighted by Crippen LogP contribution is 2.23. The molecule has 0 atom stereocenters. The minimum atomic E-state index is -2.74. The van der Waals surface area contributed by atoms with E-state index in [9.17, 15) is 18.7 Å². The standard InChI is InChI=1S/C14H15F2N3O2/c1-8-10(9(2)19(18-8)14(15)16)7-13(21)17-11-5-3-4-6-12(11)20/h3-6,14,20H,7H2,1-2H3,(H,17,21). The lowest BCUT2D eigenvalue weighted by Gasteiger charge is -2.07. The number of anilines is 1. The number of rotatable bonds is 4. The van der Waals surface area contributed by atoms with E-state index in [0.717, 1.165) is 0 Å². The molecule has 0 aliphatic heterocycles. The van der Waals surface area contributed by atoms with Gasteiger partial charge in [0.25, 0.3) is 0 Å². The molecule has 0 aliphatic carbocycles. The number of aryl methyl sites for hydroxylation is 1. The SMILES string of the molecule is Cc1nn(C(F)F)c(C)c1CC(=O)Nc1ccccc1O. The van der Waals surface area contributed by atoms with Crippen molar-refractivity contribution in [1.82, 2.24) is 9.78 Å². The normalized spacial score (nSPS) is 10.9. The molecule has 2 N–H and O–H groups in total. The van der Waals surface area contributed by atoms with Crippen LogP contribution in [-0.2, 0) is 11.2 Å². The van der Waals surface area contributed by atoms with E-state index in [1.807, 2.05) is 0 Å². The van der Waals surface area contributed by atoms with Crippen LogP contribution in [0.15, 0.2) is 24.3 Å². The van der Waals surface area contributed by atoms with Gasteiger partial charge in [-0.2, -0.15) is 13.9 Å². The molecule has 0 fully saturated rings. The number of phenols is 1. The number of nitrogens with one attached hydrogen (secondary N) is 1. The lowest BCUT2D eigenvalue weighted by Crippen LogP contribution is -2.15. The summed E-state index contributed by atoms with van der Waals surface area (Å²) in [5.74, 6) is -0.459. The molecule has 0 saturated heterocycles. The van der Waals surface area contributed by atoms with Crippen LogP contribution in [0.25, 0.3) is 0 Å². The van der Waals surface area contributed by atoms with Crippen molar-refractivity contribution < 1.29 is 18.7 Å². The van der Waals surface area contributed by atoms with E-state index in [1.165, 1.54) is 13.0 Å². The topological polar surface area (TPSA) is 67.2 Å². The zero-order chi connectivity index (χ0) is 15.6. The van der Waals surface area contributed by atoms with E-state index in [-0.39, 0.29) is 23.6 Å². The maximum absolute atomic E-state index is 12.7. The molecule has 1 aromatic carbocycles. The van der Waals surface area contributed by atoms with Gasteiger partial charge in [-0.3, -0.25) is 4.79 Å². The minimum Gasteiger partial charge on any atom is -0.506 e. The Bertz CT molecular complexity index is 668. The van der Waals surface area contributed by atoms with Gasteiger partial charge in [0.05, 0.1) is 17.8 Å². The molecule has 0 radical (unpaired) electrons. The number of hydrogen-bond donors (Lipinski definition) is 2. The third-order valence-electron chi connectivity index (χ3n) is 3.18. The quantitative estimate of drug-likeness (QED) is 0.852. The first kappa shape index (κ1) is 15.0. The van der Waals surface area contributed by atoms with Crippen LogP contribution >= 0.6 is 0 Å². The first-order chi connectivity index (χ1) is 9.90. The number of carbonyl (C=O) groups is 1. The van der Waals surface area contributed by atoms with Crippen LogP contribution in [0.3, 0.4) is 0 Å². The molecule has 1 heterocycles. The third kappa shape index (κ3) is 3.18. The third-order valence-corrected chi connectivity index (χ3v) is 3.18. The van der Waals surface area contributed by atoms with E-state index in [1.54, 1.807) is 25.1 Å². The van der Waals surface area contributed by atoms with E-state index in [0.29, 0.717) is 15.9 Å². The average Bonchev–Trinajstić information content (AvgIpc) is 2.69. The summed E-state index contributed by atoms with van der Waals surface area (Å²) >= 11 is 0. The Morgan fingerprint density at radius 1 is 1.38 bits per heavy atom. The lowest BCUT2D eigenvalue weighted by atomic mass is 10.1. The summed E-state index contributed by atoms with van der Waals surface area (Å²) in [6.45, 7) is 0.335. The number of phenolic OH excluding ortho intramolecular Hbond substituents is 1. The number of aromatic nitrogens is 2. The van der Waals surface area contributed by atoms with Gasteiger partial charge in [0.1, 0.15) is 5.75 Å². The molecule has 1 aromatic heterocycles. The van der Waals surface area contributed by atoms with E-state index in [4.69, 9.17) is 0 Å². The van der Waals surface area contributed by atoms with Crippen molar-refractivity contribution in [2.45, 2.75) is 26.8 Å². The van der Waals surface area contributed by atoms with Crippen molar-refractivity contribution in [2.24, 2.45) is 0 Å². The Morgan fingerprint density at radius 3 is 2.62 bits per heavy atom. The highest BCUT2D eigenvalue weighted by molar-refractivity contribution is 5.93. The molecule has 0 spiro atoms. The fourth-order valence-electron chi connectivity index (χ4n) is 2.08. The number of para-hydroxylation sites is 2. The fraction of sp³-hybridized carbons (Fsp3) is 0.286. The number of benzene rings is 1. The number of amides is 1. The molecular formula is C14H15F2N3O2. The van der Waals surface area contributed by atoms with Gasteiger partial charge in [-0.05, 0) is 26.0 Å². The Balaban J connectivity index is 2.15. The Kier molecular flexibility index (Phi) is 4.21. The summed E-state index contributed by atoms with van der Waals surface area (Å²) < 4.78 is 26.0. The molecular weight excluding hydrogens is 280 g/mol. The average molecular weight is 295 g/mol. The van der Waals surface area contributed by atoms with Gasteiger partial charge in [0.2, 0.25) is 5.91 Å². The van der Waals surface area contributed by atoms with Crippen LogP contribution in [0.2, 0.25) is 0 Å². The van der Waals surface area contributed by atoms with Gasteiger partial charge in [0.15, 0.2) is 0 Å². The van der Waals surface area contributed by atoms with Crippen LogP contribution in [0.5, 0.6) is 5.75 Å². The van der Waals surface area contributed by atoms with Gasteiger partial charge in [-0.25, -0.2) is 4.68 Å². The van der Waals surface area contributed by atoms with Gasteiger partial charge < -0.3 is 10.4 Å². The number of hydrogen-bond acceptors (Lipinski definition) is 3. The number of alkyl halides is 2. The number of carbonyl (C=O) groups excluding carboxylic acids is 1. The molecule has 2 rings (SSSR count). The predicted octanol–water partition coefficient (Wildman–Crippen LogP) is 2.78. The van der Waals surface area contributed by atoms with Crippen LogP contribution in [0, 0.1) is 13.8 Å². The van der Waals surface area contributed by atoms with Crippen molar-refractivity contribution in [1.29, 1.82) is 0 Å². The van der Waals surface area contributed by atoms with E-state index in [2.05, 4.69) is 10.4 Å². The van der Waals surface area contributed by atoms with Crippen molar-refractivity contribution in [3.05, 3.63) is 41.2 Å². The van der Waals surface area contributed by atoms with Crippen LogP contribution < -0.4 is 5.32 Å². The van der Waals surface area contributed by atoms with Gasteiger partial charge in [-0.1, -0.05) is 12.1 Å². The fourth-order valence-corrected chi connectivity index (χ4v) is 2.08. The molecule has 0 saturated carbocycles. The largest absolute Gasteiger partial charge is 0.506 e. The van der Waals surface area contributed by atoms with Crippen LogP contribution in [0.4, 0.5) is 14.5 Å². The first-order valence-electron chi connectivity index (χ1n) is 6.30. The summed E-state index contributed by atoms with van der Waals surface area (Å²) in [5.41, 5.74) is 1.39. The molecule has 0 unspecified atom stereocenters. The molecule has 2 aromatic rings. The van der Waals surface area contributed by atoms with Crippen molar-refractivity contribution in [2.75, 3.05) is 5.32 Å². The Labute approximate surface area is 120 Å². The molecule has 21 heavy (non-hydrogen) atoms. The lowest BCUT2D eigenvalue weighted by molar-refractivity contribution is -0.115. The summed E-state index contributed by atoms with van der Waals surface area (Å²) in [4.78, 5) is 12.0. The van der Waals surface area contributed by atoms with Crippen LogP contribution in [0.1, 0.15) is 23.5 Å². The monoisotopic (exact) mass is 295 g/mol. The Hall–Kier alpha value is -2.44. The predicted molar refractivity (Wildman–Crippen MR) is 73.4 cm³/mol. The zero-order valence-electron chi connectivity index (χ0n) is 11.6. The molecule has 7 heteroatoms. The molecule has 0 aliphatic rings. The van der Waals surface area contributed by atoms with E-state index < -0.39 is 12.5 Å². The minimum absolute atomic E-state index is 0.0532. The van der Waals surface area contributed by atoms with Gasteiger partial charge >= 0.3 is 6.55 Å². The second kappa shape index (κ2) is 5.90. The van der Waals surface area contributed by atoms with Crippen molar-refractivity contribution in [3.63, 3.8) is 0 Å². The van der Waals surface area contributed by atoms with Crippen molar-refractivity contribution >= 4 is 11.6 Å². The summed E-state index contributed by atoms with van der Waals surface area (Å²) in [5, 5.41) is 15.8. The second-order valence-corrected chi connectivity index (χ2v) is 4.61. The number of halogens is 2. The summed E-state index contributed by atoms with van der Waals surface area (Å²) in [6.07, 6.45) is -0.0846. The smallest absolute Gasteiger partial charge is 0.333 e. The molecule has 5 nitrogen and oxygen atoms in total. The Morgan fingerprint density at radius 2 is 2.05 bits per heavy atom. The maximum atomic E-state index is 12.7. The van der Waals surface area contributed by atoms with Crippen LogP contribution in [-0.4, -0.2) is 20.8 Å². The highest BCUT2D eigenvalue weighted by atomic mass is 19.3. The van der Waals surface area contributed by atoms with Gasteiger partial charge in [0, 0.05) is 11.3 Å². The van der Waals surface area contributed by atoms with E-state index >= 15 is 0 Å². The summed E-state index contributed by atoms with van der Waals surface area (Å²) in [6, 6.07) is 6.29. The molecule has 1 amide bonds. The van der Waals surface area contributed by atoms with Gasteiger partial charge in [-0.15, -0.1) is 0 Å². The number of aromatic hydroxyl groups is 1. The second-order valence-electron chi connectivity index (χ2n) is 4.61. The highest BCUT2D eigenvalue weighted by Gasteiger charge is 2.19. The van der Waals surface area contributed by atoms with Crippen molar-refractivity contribution in [3.8, 4) is 5.75 Å². The summed E-state index contributed by atoms with van der Waals surface area (Å²) in [7, 11) is 0.